The van der Waals surface area contributed by atoms with Crippen LogP contribution in [0.2, 0.25) is 0 Å². The van der Waals surface area contributed by atoms with Crippen molar-refractivity contribution in [1.29, 1.82) is 0 Å². The molecule has 1 N–H and O–H groups in total. The van der Waals surface area contributed by atoms with Crippen LogP contribution in [-0.4, -0.2) is 56.5 Å². The highest BCUT2D eigenvalue weighted by Crippen LogP contribution is 2.08. The average molecular weight is 319 g/mol. The molecule has 1 aliphatic rings. The maximum Gasteiger partial charge on any atom is 0.294 e. The minimum atomic E-state index is -4.02. The number of rotatable bonds is 3. The normalized spacial score (nSPS) is 16.4. The number of benzene rings is 1. The number of ether oxygens (including phenoxy) is 1. The predicted molar refractivity (Wildman–Crippen MR) is 82.1 cm³/mol. The molecule has 0 amide bonds. The molecular formula is C13H21NO4S2. The van der Waals surface area contributed by atoms with E-state index in [2.05, 4.69) is 17.5 Å². The van der Waals surface area contributed by atoms with Crippen LogP contribution in [0.4, 0.5) is 0 Å². The van der Waals surface area contributed by atoms with Crippen LogP contribution in [-0.2, 0) is 14.9 Å². The minimum absolute atomic E-state index is 0.0666. The van der Waals surface area contributed by atoms with Gasteiger partial charge in [0.1, 0.15) is 0 Å². The third-order valence-electron chi connectivity index (χ3n) is 2.84. The monoisotopic (exact) mass is 319 g/mol. The zero-order valence-electron chi connectivity index (χ0n) is 11.5. The van der Waals surface area contributed by atoms with Crippen LogP contribution < -0.4 is 0 Å². The highest BCUT2D eigenvalue weighted by atomic mass is 32.2. The van der Waals surface area contributed by atoms with Crippen molar-refractivity contribution in [2.75, 3.05) is 38.6 Å². The molecule has 1 saturated heterocycles. The van der Waals surface area contributed by atoms with Gasteiger partial charge < -0.3 is 4.74 Å². The number of morpholine rings is 1. The fourth-order valence-corrected chi connectivity index (χ4v) is 2.44. The van der Waals surface area contributed by atoms with E-state index in [1.807, 2.05) is 6.92 Å². The van der Waals surface area contributed by atoms with Crippen LogP contribution >= 0.6 is 12.6 Å². The van der Waals surface area contributed by atoms with Gasteiger partial charge in [0.25, 0.3) is 10.1 Å². The third-order valence-corrected chi connectivity index (χ3v) is 3.91. The van der Waals surface area contributed by atoms with Gasteiger partial charge in [-0.25, -0.2) is 0 Å². The maximum absolute atomic E-state index is 10.5. The Labute approximate surface area is 126 Å². The molecule has 0 saturated carbocycles. The van der Waals surface area contributed by atoms with E-state index in [1.54, 1.807) is 12.1 Å². The molecule has 114 valence electrons. The van der Waals surface area contributed by atoms with Gasteiger partial charge in [0.05, 0.1) is 18.1 Å². The van der Waals surface area contributed by atoms with E-state index in [0.717, 1.165) is 44.2 Å². The van der Waals surface area contributed by atoms with Gasteiger partial charge in [-0.2, -0.15) is 21.0 Å². The van der Waals surface area contributed by atoms with Crippen LogP contribution in [0.15, 0.2) is 29.2 Å². The van der Waals surface area contributed by atoms with Gasteiger partial charge in [-0.05, 0) is 19.1 Å². The number of hydrogen-bond acceptors (Lipinski definition) is 5. The van der Waals surface area contributed by atoms with Crippen molar-refractivity contribution >= 4 is 22.7 Å². The largest absolute Gasteiger partial charge is 0.379 e. The lowest BCUT2D eigenvalue weighted by Gasteiger charge is -2.25. The molecule has 0 atom stereocenters. The Morgan fingerprint density at radius 2 is 1.80 bits per heavy atom. The lowest BCUT2D eigenvalue weighted by molar-refractivity contribution is 0.0410. The number of nitrogens with zero attached hydrogens (tertiary/aromatic N) is 1. The highest BCUT2D eigenvalue weighted by molar-refractivity contribution is 7.85. The summed E-state index contributed by atoms with van der Waals surface area (Å²) in [5, 5.41) is 0. The van der Waals surface area contributed by atoms with E-state index < -0.39 is 10.1 Å². The van der Waals surface area contributed by atoms with Gasteiger partial charge in [-0.3, -0.25) is 9.45 Å². The lowest BCUT2D eigenvalue weighted by atomic mass is 10.2. The van der Waals surface area contributed by atoms with Crippen LogP contribution in [0.1, 0.15) is 5.56 Å². The van der Waals surface area contributed by atoms with Crippen LogP contribution in [0.5, 0.6) is 0 Å². The van der Waals surface area contributed by atoms with E-state index in [0.29, 0.717) is 0 Å². The summed E-state index contributed by atoms with van der Waals surface area (Å²) in [4.78, 5) is 2.30. The summed E-state index contributed by atoms with van der Waals surface area (Å²) < 4.78 is 34.7. The molecule has 20 heavy (non-hydrogen) atoms. The summed E-state index contributed by atoms with van der Waals surface area (Å²) in [7, 11) is -4.02. The zero-order chi connectivity index (χ0) is 15.0. The van der Waals surface area contributed by atoms with Crippen LogP contribution in [0, 0.1) is 6.92 Å². The summed E-state index contributed by atoms with van der Waals surface area (Å²) in [6.07, 6.45) is 0. The average Bonchev–Trinajstić information content (AvgIpc) is 2.40. The van der Waals surface area contributed by atoms with E-state index in [9.17, 15) is 8.42 Å². The molecule has 0 aromatic heterocycles. The fourth-order valence-electron chi connectivity index (χ4n) is 1.68. The lowest BCUT2D eigenvalue weighted by Crippen LogP contribution is -2.37. The first-order valence-electron chi connectivity index (χ1n) is 6.38. The van der Waals surface area contributed by atoms with Crippen molar-refractivity contribution in [3.63, 3.8) is 0 Å². The van der Waals surface area contributed by atoms with Crippen molar-refractivity contribution in [2.24, 2.45) is 0 Å². The molecule has 0 radical (unpaired) electrons. The van der Waals surface area contributed by atoms with Crippen LogP contribution in [0.3, 0.4) is 0 Å². The van der Waals surface area contributed by atoms with Gasteiger partial charge in [-0.1, -0.05) is 17.7 Å². The van der Waals surface area contributed by atoms with Crippen molar-refractivity contribution in [3.05, 3.63) is 29.8 Å². The van der Waals surface area contributed by atoms with E-state index >= 15 is 0 Å². The summed E-state index contributed by atoms with van der Waals surface area (Å²) in [6.45, 7) is 6.91. The summed E-state index contributed by atoms with van der Waals surface area (Å²) >= 11 is 4.15. The number of hydrogen-bond donors (Lipinski definition) is 2. The molecule has 2 rings (SSSR count). The van der Waals surface area contributed by atoms with Gasteiger partial charge in [0.15, 0.2) is 0 Å². The second-order valence-corrected chi connectivity index (χ2v) is 6.33. The molecule has 1 aromatic rings. The molecule has 0 aliphatic carbocycles. The Bertz CT molecular complexity index is 479. The molecule has 7 heteroatoms. The molecule has 5 nitrogen and oxygen atoms in total. The minimum Gasteiger partial charge on any atom is -0.379 e. The molecule has 0 spiro atoms. The molecule has 0 unspecified atom stereocenters. The predicted octanol–water partition coefficient (Wildman–Crippen LogP) is 1.49. The first-order valence-corrected chi connectivity index (χ1v) is 8.46. The smallest absolute Gasteiger partial charge is 0.294 e. The van der Waals surface area contributed by atoms with Gasteiger partial charge in [0.2, 0.25) is 0 Å². The molecule has 0 bridgehead atoms. The summed E-state index contributed by atoms with van der Waals surface area (Å²) in [5.74, 6) is 0.958. The first kappa shape index (κ1) is 17.5. The third kappa shape index (κ3) is 6.71. The zero-order valence-corrected chi connectivity index (χ0v) is 13.2. The fraction of sp³-hybridized carbons (Fsp3) is 0.538. The molecule has 1 aromatic carbocycles. The quantitative estimate of drug-likeness (QED) is 0.653. The van der Waals surface area contributed by atoms with Crippen molar-refractivity contribution in [2.45, 2.75) is 11.8 Å². The van der Waals surface area contributed by atoms with Crippen molar-refractivity contribution in [1.82, 2.24) is 4.90 Å². The standard InChI is InChI=1S/C7H8O3S.C6H13NOS/c1-6-2-4-7(5-3-6)11(8,9)10;9-6-3-7-1-4-8-5-2-7/h2-5H,1H3,(H,8,9,10);9H,1-6H2. The second-order valence-electron chi connectivity index (χ2n) is 4.47. The second kappa shape index (κ2) is 8.63. The van der Waals surface area contributed by atoms with E-state index in [4.69, 9.17) is 9.29 Å². The Balaban J connectivity index is 0.000000204. The maximum atomic E-state index is 10.5. The van der Waals surface area contributed by atoms with Crippen LogP contribution in [0.25, 0.3) is 0 Å². The SMILES string of the molecule is Cc1ccc(S(=O)(=O)O)cc1.SCCN1CCOCC1. The van der Waals surface area contributed by atoms with E-state index in [1.165, 1.54) is 12.1 Å². The Morgan fingerprint density at radius 3 is 2.25 bits per heavy atom. The molecule has 1 fully saturated rings. The molecule has 1 heterocycles. The number of thiol groups is 1. The molecular weight excluding hydrogens is 298 g/mol. The topological polar surface area (TPSA) is 66.8 Å². The Morgan fingerprint density at radius 1 is 1.25 bits per heavy atom. The van der Waals surface area contributed by atoms with Gasteiger partial charge in [-0.15, -0.1) is 0 Å². The summed E-state index contributed by atoms with van der Waals surface area (Å²) in [5.41, 5.74) is 0.956. The number of aryl methyl sites for hydroxylation is 1. The van der Waals surface area contributed by atoms with E-state index in [-0.39, 0.29) is 4.90 Å². The Hall–Kier alpha value is -0.600. The highest BCUT2D eigenvalue weighted by Gasteiger charge is 2.07. The Kier molecular flexibility index (Phi) is 7.53. The van der Waals surface area contributed by atoms with Gasteiger partial charge in [0, 0.05) is 25.4 Å². The van der Waals surface area contributed by atoms with Gasteiger partial charge >= 0.3 is 0 Å². The van der Waals surface area contributed by atoms with Crippen molar-refractivity contribution in [3.8, 4) is 0 Å². The first-order chi connectivity index (χ1) is 9.43. The molecule has 1 aliphatic heterocycles. The summed E-state index contributed by atoms with van der Waals surface area (Å²) in [6, 6.07) is 5.99. The van der Waals surface area contributed by atoms with Crippen molar-refractivity contribution < 1.29 is 17.7 Å².